The number of rotatable bonds is 6. The van der Waals surface area contributed by atoms with Crippen molar-refractivity contribution in [2.24, 2.45) is 0 Å². The summed E-state index contributed by atoms with van der Waals surface area (Å²) in [5, 5.41) is 8.93. The molecule has 168 valence electrons. The molecule has 32 heavy (non-hydrogen) atoms. The van der Waals surface area contributed by atoms with E-state index in [2.05, 4.69) is 20.9 Å². The Kier molecular flexibility index (Phi) is 6.80. The molecule has 0 radical (unpaired) electrons. The van der Waals surface area contributed by atoms with Crippen molar-refractivity contribution in [1.82, 2.24) is 15.5 Å². The highest BCUT2D eigenvalue weighted by molar-refractivity contribution is 6.30. The lowest BCUT2D eigenvalue weighted by Gasteiger charge is -2.36. The molecule has 2 aromatic carbocycles. The van der Waals surface area contributed by atoms with Crippen LogP contribution < -0.4 is 20.9 Å². The molecule has 9 heteroatoms. The van der Waals surface area contributed by atoms with Crippen LogP contribution in [0.1, 0.15) is 23.2 Å². The first-order valence-corrected chi connectivity index (χ1v) is 11.1. The molecule has 3 N–H and O–H groups in total. The van der Waals surface area contributed by atoms with Crippen LogP contribution >= 0.6 is 11.6 Å². The second-order valence-corrected chi connectivity index (χ2v) is 8.42. The van der Waals surface area contributed by atoms with Gasteiger partial charge in [-0.1, -0.05) is 23.7 Å². The minimum atomic E-state index is -0.359. The Labute approximate surface area is 191 Å². The summed E-state index contributed by atoms with van der Waals surface area (Å²) in [6.45, 7) is 2.50. The minimum Gasteiger partial charge on any atom is -0.368 e. The lowest BCUT2D eigenvalue weighted by atomic mass is 10.2. The lowest BCUT2D eigenvalue weighted by molar-refractivity contribution is -0.130. The summed E-state index contributed by atoms with van der Waals surface area (Å²) in [7, 11) is 0. The van der Waals surface area contributed by atoms with Gasteiger partial charge in [-0.05, 0) is 49.2 Å². The third-order valence-corrected chi connectivity index (χ3v) is 5.74. The van der Waals surface area contributed by atoms with E-state index in [1.165, 1.54) is 0 Å². The molecule has 1 saturated heterocycles. The van der Waals surface area contributed by atoms with Crippen LogP contribution in [0.25, 0.3) is 0 Å². The number of benzene rings is 2. The van der Waals surface area contributed by atoms with Gasteiger partial charge >= 0.3 is 6.03 Å². The monoisotopic (exact) mass is 455 g/mol. The molecule has 1 saturated carbocycles. The first-order valence-electron chi connectivity index (χ1n) is 10.7. The Morgan fingerprint density at radius 3 is 2.44 bits per heavy atom. The molecule has 8 nitrogen and oxygen atoms in total. The number of urea groups is 1. The van der Waals surface area contributed by atoms with Crippen molar-refractivity contribution >= 4 is 40.8 Å². The summed E-state index contributed by atoms with van der Waals surface area (Å²) in [5.41, 5.74) is 1.95. The molecule has 4 amide bonds. The Hall–Kier alpha value is -3.26. The van der Waals surface area contributed by atoms with Gasteiger partial charge in [0.05, 0.1) is 6.54 Å². The van der Waals surface area contributed by atoms with Gasteiger partial charge in [0.15, 0.2) is 0 Å². The molecule has 0 atom stereocenters. The molecular weight excluding hydrogens is 430 g/mol. The van der Waals surface area contributed by atoms with Crippen LogP contribution in [0.15, 0.2) is 48.5 Å². The SMILES string of the molecule is O=C(Nc1cccc(C(=O)NCC(=O)N2CCN(c3cccc(Cl)c3)CC2)c1)NC1CC1. The van der Waals surface area contributed by atoms with E-state index >= 15 is 0 Å². The quantitative estimate of drug-likeness (QED) is 0.624. The molecule has 0 spiro atoms. The highest BCUT2D eigenvalue weighted by Gasteiger charge is 2.24. The molecule has 2 aliphatic rings. The smallest absolute Gasteiger partial charge is 0.319 e. The number of anilines is 2. The van der Waals surface area contributed by atoms with Crippen molar-refractivity contribution in [2.45, 2.75) is 18.9 Å². The maximum absolute atomic E-state index is 12.6. The van der Waals surface area contributed by atoms with E-state index in [9.17, 15) is 14.4 Å². The number of piperazine rings is 1. The van der Waals surface area contributed by atoms with Gasteiger partial charge in [-0.25, -0.2) is 4.79 Å². The van der Waals surface area contributed by atoms with Crippen LogP contribution in [0.3, 0.4) is 0 Å². The van der Waals surface area contributed by atoms with Crippen molar-refractivity contribution in [1.29, 1.82) is 0 Å². The summed E-state index contributed by atoms with van der Waals surface area (Å²) in [6, 6.07) is 14.3. The Morgan fingerprint density at radius 2 is 1.72 bits per heavy atom. The molecule has 1 aliphatic heterocycles. The molecule has 2 fully saturated rings. The standard InChI is InChI=1S/C23H26ClN5O3/c24-17-4-2-6-20(14-17)28-9-11-29(12-10-28)21(30)15-25-22(31)16-3-1-5-19(13-16)27-23(32)26-18-7-8-18/h1-6,13-14,18H,7-12,15H2,(H,25,31)(H2,26,27,32). The Morgan fingerprint density at radius 1 is 0.969 bits per heavy atom. The number of nitrogens with one attached hydrogen (secondary N) is 3. The van der Waals surface area contributed by atoms with Crippen LogP contribution in [0.5, 0.6) is 0 Å². The van der Waals surface area contributed by atoms with Gasteiger partial charge in [-0.3, -0.25) is 9.59 Å². The molecule has 0 bridgehead atoms. The third kappa shape index (κ3) is 5.91. The molecule has 4 rings (SSSR count). The van der Waals surface area contributed by atoms with E-state index < -0.39 is 0 Å². The van der Waals surface area contributed by atoms with E-state index in [1.54, 1.807) is 29.2 Å². The maximum Gasteiger partial charge on any atom is 0.319 e. The largest absolute Gasteiger partial charge is 0.368 e. The number of halogens is 1. The minimum absolute atomic E-state index is 0.0736. The Bertz CT molecular complexity index is 1000. The van der Waals surface area contributed by atoms with Gasteiger partial charge < -0.3 is 25.8 Å². The highest BCUT2D eigenvalue weighted by atomic mass is 35.5. The summed E-state index contributed by atoms with van der Waals surface area (Å²) in [4.78, 5) is 40.9. The summed E-state index contributed by atoms with van der Waals surface area (Å²) in [6.07, 6.45) is 2.00. The van der Waals surface area contributed by atoms with Gasteiger partial charge in [0.1, 0.15) is 0 Å². The second-order valence-electron chi connectivity index (χ2n) is 7.98. The van der Waals surface area contributed by atoms with Crippen molar-refractivity contribution < 1.29 is 14.4 Å². The third-order valence-electron chi connectivity index (χ3n) is 5.50. The van der Waals surface area contributed by atoms with Gasteiger partial charge in [-0.15, -0.1) is 0 Å². The summed E-state index contributed by atoms with van der Waals surface area (Å²) < 4.78 is 0. The van der Waals surface area contributed by atoms with Crippen LogP contribution in [-0.4, -0.2) is 61.5 Å². The van der Waals surface area contributed by atoms with Crippen LogP contribution in [0.4, 0.5) is 16.2 Å². The second kappa shape index (κ2) is 9.91. The molecule has 1 aliphatic carbocycles. The van der Waals surface area contributed by atoms with Crippen LogP contribution in [0, 0.1) is 0 Å². The Balaban J connectivity index is 1.24. The van der Waals surface area contributed by atoms with E-state index in [0.29, 0.717) is 42.5 Å². The molecule has 0 aromatic heterocycles. The van der Waals surface area contributed by atoms with Gasteiger partial charge in [0.25, 0.3) is 5.91 Å². The zero-order chi connectivity index (χ0) is 22.5. The van der Waals surface area contributed by atoms with Crippen molar-refractivity contribution in [3.8, 4) is 0 Å². The van der Waals surface area contributed by atoms with Crippen molar-refractivity contribution in [3.05, 3.63) is 59.1 Å². The van der Waals surface area contributed by atoms with E-state index in [0.717, 1.165) is 18.5 Å². The summed E-state index contributed by atoms with van der Waals surface area (Å²) in [5.74, 6) is -0.482. The lowest BCUT2D eigenvalue weighted by Crippen LogP contribution is -2.51. The predicted octanol–water partition coefficient (Wildman–Crippen LogP) is 2.70. The first kappa shape index (κ1) is 22.0. The van der Waals surface area contributed by atoms with Crippen molar-refractivity contribution in [2.75, 3.05) is 42.9 Å². The topological polar surface area (TPSA) is 93.8 Å². The number of carbonyl (C=O) groups excluding carboxylic acids is 3. The van der Waals surface area contributed by atoms with Gasteiger partial charge in [-0.2, -0.15) is 0 Å². The highest BCUT2D eigenvalue weighted by Crippen LogP contribution is 2.21. The fourth-order valence-corrected chi connectivity index (χ4v) is 3.76. The van der Waals surface area contributed by atoms with Crippen molar-refractivity contribution in [3.63, 3.8) is 0 Å². The number of carbonyl (C=O) groups is 3. The van der Waals surface area contributed by atoms with Crippen LogP contribution in [-0.2, 0) is 4.79 Å². The molecule has 2 aromatic rings. The van der Waals surface area contributed by atoms with E-state index in [4.69, 9.17) is 11.6 Å². The average Bonchev–Trinajstić information content (AvgIpc) is 3.61. The van der Waals surface area contributed by atoms with E-state index in [1.807, 2.05) is 24.3 Å². The first-order chi connectivity index (χ1) is 15.5. The number of amides is 4. The normalized spacial score (nSPS) is 15.8. The molecule has 1 heterocycles. The fraction of sp³-hybridized carbons (Fsp3) is 0.348. The van der Waals surface area contributed by atoms with Gasteiger partial charge in [0.2, 0.25) is 5.91 Å². The van der Waals surface area contributed by atoms with Crippen LogP contribution in [0.2, 0.25) is 5.02 Å². The zero-order valence-corrected chi connectivity index (χ0v) is 18.4. The maximum atomic E-state index is 12.6. The zero-order valence-electron chi connectivity index (χ0n) is 17.6. The molecule has 0 unspecified atom stereocenters. The number of hydrogen-bond acceptors (Lipinski definition) is 4. The average molecular weight is 456 g/mol. The fourth-order valence-electron chi connectivity index (χ4n) is 3.58. The molecular formula is C23H26ClN5O3. The van der Waals surface area contributed by atoms with Gasteiger partial charge in [0, 0.05) is 54.2 Å². The number of nitrogens with zero attached hydrogens (tertiary/aromatic N) is 2. The predicted molar refractivity (Wildman–Crippen MR) is 124 cm³/mol. The van der Waals surface area contributed by atoms with E-state index in [-0.39, 0.29) is 30.4 Å². The summed E-state index contributed by atoms with van der Waals surface area (Å²) >= 11 is 6.07. The number of hydrogen-bond donors (Lipinski definition) is 3.